The number of hydrogen-bond acceptors (Lipinski definition) is 3. The molecule has 0 amide bonds. The first-order valence-corrected chi connectivity index (χ1v) is 3.64. The monoisotopic (exact) mass is 147 g/mol. The summed E-state index contributed by atoms with van der Waals surface area (Å²) in [5.74, 6) is 0.292. The molecule has 0 aromatic carbocycles. The van der Waals surface area contributed by atoms with Crippen molar-refractivity contribution < 1.29 is 10.2 Å². The molecule has 0 heterocycles. The molecule has 3 nitrogen and oxygen atoms in total. The van der Waals surface area contributed by atoms with Crippen LogP contribution in [0, 0.1) is 5.92 Å². The molecule has 4 N–H and O–H groups in total. The molecular formula is C7H17NO2. The highest BCUT2D eigenvalue weighted by Crippen LogP contribution is 2.10. The van der Waals surface area contributed by atoms with E-state index in [4.69, 9.17) is 15.9 Å². The highest BCUT2D eigenvalue weighted by Gasteiger charge is 2.08. The van der Waals surface area contributed by atoms with Crippen LogP contribution in [0.5, 0.6) is 0 Å². The Kier molecular flexibility index (Phi) is 4.60. The number of aliphatic hydroxyl groups excluding tert-OH is 1. The number of rotatable bonds is 4. The molecule has 62 valence electrons. The smallest absolute Gasteiger partial charge is 0.151 e. The fourth-order valence-electron chi connectivity index (χ4n) is 1.09. The lowest BCUT2D eigenvalue weighted by atomic mass is 10.00. The molecule has 0 saturated heterocycles. The van der Waals surface area contributed by atoms with E-state index in [-0.39, 0.29) is 6.04 Å². The van der Waals surface area contributed by atoms with Crippen molar-refractivity contribution in [3.8, 4) is 0 Å². The maximum Gasteiger partial charge on any atom is 0.151 e. The Morgan fingerprint density at radius 2 is 1.70 bits per heavy atom. The molecule has 0 aromatic rings. The van der Waals surface area contributed by atoms with Crippen LogP contribution in [-0.2, 0) is 0 Å². The molecule has 0 fully saturated rings. The number of hydrogen-bond donors (Lipinski definition) is 3. The van der Waals surface area contributed by atoms with Gasteiger partial charge in [0.25, 0.3) is 0 Å². The summed E-state index contributed by atoms with van der Waals surface area (Å²) in [6.07, 6.45) is 0.0767. The second kappa shape index (κ2) is 4.66. The number of aliphatic hydroxyl groups is 2. The van der Waals surface area contributed by atoms with Gasteiger partial charge in [0, 0.05) is 12.5 Å². The molecule has 2 atom stereocenters. The minimum atomic E-state index is -1.19. The molecule has 0 aliphatic rings. The van der Waals surface area contributed by atoms with E-state index in [2.05, 4.69) is 0 Å². The van der Waals surface area contributed by atoms with Crippen molar-refractivity contribution in [2.75, 3.05) is 0 Å². The Labute approximate surface area is 61.9 Å². The molecule has 0 bridgehead atoms. The van der Waals surface area contributed by atoms with Crippen molar-refractivity contribution in [1.29, 1.82) is 0 Å². The van der Waals surface area contributed by atoms with E-state index in [9.17, 15) is 0 Å². The normalized spacial score (nSPS) is 17.4. The third-order valence-corrected chi connectivity index (χ3v) is 1.39. The molecule has 0 aromatic heterocycles. The zero-order valence-electron chi connectivity index (χ0n) is 6.62. The zero-order valence-corrected chi connectivity index (χ0v) is 6.62. The van der Waals surface area contributed by atoms with Gasteiger partial charge in [-0.15, -0.1) is 0 Å². The summed E-state index contributed by atoms with van der Waals surface area (Å²) in [6, 6.07) is 0.147. The van der Waals surface area contributed by atoms with E-state index < -0.39 is 6.29 Å². The van der Waals surface area contributed by atoms with Gasteiger partial charge in [-0.1, -0.05) is 6.92 Å². The van der Waals surface area contributed by atoms with Gasteiger partial charge in [0.05, 0.1) is 0 Å². The molecule has 2 unspecified atom stereocenters. The van der Waals surface area contributed by atoms with E-state index in [1.165, 1.54) is 0 Å². The van der Waals surface area contributed by atoms with Crippen molar-refractivity contribution in [3.05, 3.63) is 0 Å². The highest BCUT2D eigenvalue weighted by atomic mass is 16.5. The predicted molar refractivity (Wildman–Crippen MR) is 40.3 cm³/mol. The summed E-state index contributed by atoms with van der Waals surface area (Å²) in [5, 5.41) is 17.1. The van der Waals surface area contributed by atoms with Gasteiger partial charge in [-0.05, 0) is 19.3 Å². The van der Waals surface area contributed by atoms with Crippen LogP contribution in [-0.4, -0.2) is 22.5 Å². The fourth-order valence-corrected chi connectivity index (χ4v) is 1.09. The summed E-state index contributed by atoms with van der Waals surface area (Å²) in [7, 11) is 0. The lowest BCUT2D eigenvalue weighted by molar-refractivity contribution is -0.0553. The van der Waals surface area contributed by atoms with Crippen molar-refractivity contribution >= 4 is 0 Å². The van der Waals surface area contributed by atoms with Gasteiger partial charge in [0.1, 0.15) is 0 Å². The van der Waals surface area contributed by atoms with E-state index in [0.29, 0.717) is 12.3 Å². The SMILES string of the molecule is CC(N)CC(C)CC(O)O. The van der Waals surface area contributed by atoms with Gasteiger partial charge in [-0.25, -0.2) is 0 Å². The number of nitrogens with two attached hydrogens (primary N) is 1. The Balaban J connectivity index is 3.34. The van der Waals surface area contributed by atoms with Crippen molar-refractivity contribution in [3.63, 3.8) is 0 Å². The van der Waals surface area contributed by atoms with Crippen molar-refractivity contribution in [2.45, 2.75) is 39.0 Å². The average molecular weight is 147 g/mol. The van der Waals surface area contributed by atoms with Gasteiger partial charge in [-0.3, -0.25) is 0 Å². The van der Waals surface area contributed by atoms with E-state index >= 15 is 0 Å². The largest absolute Gasteiger partial charge is 0.368 e. The molecule has 0 radical (unpaired) electrons. The molecule has 0 saturated carbocycles. The fraction of sp³-hybridized carbons (Fsp3) is 1.00. The van der Waals surface area contributed by atoms with Crippen LogP contribution in [0.25, 0.3) is 0 Å². The Morgan fingerprint density at radius 1 is 1.20 bits per heavy atom. The molecule has 0 aliphatic carbocycles. The third kappa shape index (κ3) is 6.01. The second-order valence-corrected chi connectivity index (χ2v) is 3.03. The minimum Gasteiger partial charge on any atom is -0.368 e. The minimum absolute atomic E-state index is 0.147. The van der Waals surface area contributed by atoms with Crippen LogP contribution in [0.4, 0.5) is 0 Å². The summed E-state index contributed by atoms with van der Waals surface area (Å²) < 4.78 is 0. The lowest BCUT2D eigenvalue weighted by Gasteiger charge is -2.14. The average Bonchev–Trinajstić information content (AvgIpc) is 1.58. The van der Waals surface area contributed by atoms with E-state index in [1.807, 2.05) is 13.8 Å². The Bertz CT molecular complexity index is 73.7. The van der Waals surface area contributed by atoms with E-state index in [1.54, 1.807) is 0 Å². The van der Waals surface area contributed by atoms with Crippen LogP contribution >= 0.6 is 0 Å². The van der Waals surface area contributed by atoms with Crippen molar-refractivity contribution in [2.24, 2.45) is 11.7 Å². The first-order chi connectivity index (χ1) is 4.52. The molecule has 0 aliphatic heterocycles. The quantitative estimate of drug-likeness (QED) is 0.493. The van der Waals surface area contributed by atoms with Crippen LogP contribution in [0.3, 0.4) is 0 Å². The Hall–Kier alpha value is -0.120. The highest BCUT2D eigenvalue weighted by molar-refractivity contribution is 4.60. The molecule has 0 rings (SSSR count). The first kappa shape index (κ1) is 9.88. The van der Waals surface area contributed by atoms with Crippen LogP contribution in [0.1, 0.15) is 26.7 Å². The maximum atomic E-state index is 8.55. The van der Waals surface area contributed by atoms with Gasteiger partial charge < -0.3 is 15.9 Å². The molecule has 0 spiro atoms. The topological polar surface area (TPSA) is 66.5 Å². The predicted octanol–water partition coefficient (Wildman–Crippen LogP) is 0.0606. The molecule has 10 heavy (non-hydrogen) atoms. The molecule has 3 heteroatoms. The van der Waals surface area contributed by atoms with Crippen LogP contribution in [0.2, 0.25) is 0 Å². The third-order valence-electron chi connectivity index (χ3n) is 1.39. The first-order valence-electron chi connectivity index (χ1n) is 3.64. The van der Waals surface area contributed by atoms with Gasteiger partial charge >= 0.3 is 0 Å². The van der Waals surface area contributed by atoms with Gasteiger partial charge in [-0.2, -0.15) is 0 Å². The van der Waals surface area contributed by atoms with Gasteiger partial charge in [0.2, 0.25) is 0 Å². The van der Waals surface area contributed by atoms with Gasteiger partial charge in [0.15, 0.2) is 6.29 Å². The summed E-state index contributed by atoms with van der Waals surface area (Å²) in [6.45, 7) is 3.88. The van der Waals surface area contributed by atoms with Crippen LogP contribution < -0.4 is 5.73 Å². The maximum absolute atomic E-state index is 8.55. The summed E-state index contributed by atoms with van der Waals surface area (Å²) >= 11 is 0. The molecular weight excluding hydrogens is 130 g/mol. The summed E-state index contributed by atoms with van der Waals surface area (Å²) in [5.41, 5.74) is 5.51. The Morgan fingerprint density at radius 3 is 2.00 bits per heavy atom. The zero-order chi connectivity index (χ0) is 8.15. The van der Waals surface area contributed by atoms with Crippen molar-refractivity contribution in [1.82, 2.24) is 0 Å². The summed E-state index contributed by atoms with van der Waals surface area (Å²) in [4.78, 5) is 0. The van der Waals surface area contributed by atoms with E-state index in [0.717, 1.165) is 6.42 Å². The lowest BCUT2D eigenvalue weighted by Crippen LogP contribution is -2.20. The standard InChI is InChI=1S/C7H17NO2/c1-5(3-6(2)8)4-7(9)10/h5-7,9-10H,3-4,8H2,1-2H3. The second-order valence-electron chi connectivity index (χ2n) is 3.03. The van der Waals surface area contributed by atoms with Crippen LogP contribution in [0.15, 0.2) is 0 Å².